The molecule has 0 bridgehead atoms. The summed E-state index contributed by atoms with van der Waals surface area (Å²) in [5.41, 5.74) is 2.35. The third-order valence-electron chi connectivity index (χ3n) is 3.23. The highest BCUT2D eigenvalue weighted by molar-refractivity contribution is 6.30. The fraction of sp³-hybridized carbons (Fsp3) is 0.125. The van der Waals surface area contributed by atoms with E-state index >= 15 is 0 Å². The lowest BCUT2D eigenvalue weighted by molar-refractivity contribution is 0.298. The SMILES string of the molecule is Cn1c(COc2cccc(Cl)c2)cc2ccccc21. The highest BCUT2D eigenvalue weighted by Crippen LogP contribution is 2.21. The van der Waals surface area contributed by atoms with E-state index in [-0.39, 0.29) is 0 Å². The third kappa shape index (κ3) is 2.45. The first-order chi connectivity index (χ1) is 9.24. The van der Waals surface area contributed by atoms with Crippen molar-refractivity contribution in [2.45, 2.75) is 6.61 Å². The van der Waals surface area contributed by atoms with E-state index in [4.69, 9.17) is 16.3 Å². The Bertz CT molecular complexity index is 718. The van der Waals surface area contributed by atoms with Crippen molar-refractivity contribution in [2.24, 2.45) is 7.05 Å². The summed E-state index contributed by atoms with van der Waals surface area (Å²) in [7, 11) is 2.05. The number of ether oxygens (including phenoxy) is 1. The van der Waals surface area contributed by atoms with Gasteiger partial charge in [0, 0.05) is 17.6 Å². The second kappa shape index (κ2) is 4.98. The van der Waals surface area contributed by atoms with Crippen LogP contribution in [0.5, 0.6) is 5.75 Å². The van der Waals surface area contributed by atoms with Crippen molar-refractivity contribution in [3.63, 3.8) is 0 Å². The van der Waals surface area contributed by atoms with Gasteiger partial charge in [0.25, 0.3) is 0 Å². The Morgan fingerprint density at radius 3 is 2.68 bits per heavy atom. The molecule has 1 heterocycles. The lowest BCUT2D eigenvalue weighted by Gasteiger charge is -2.07. The van der Waals surface area contributed by atoms with Gasteiger partial charge in [-0.3, -0.25) is 0 Å². The van der Waals surface area contributed by atoms with Crippen LogP contribution in [-0.2, 0) is 13.7 Å². The van der Waals surface area contributed by atoms with E-state index in [0.717, 1.165) is 11.4 Å². The van der Waals surface area contributed by atoms with Gasteiger partial charge in [-0.1, -0.05) is 35.9 Å². The molecule has 0 saturated heterocycles. The number of para-hydroxylation sites is 1. The van der Waals surface area contributed by atoms with Crippen molar-refractivity contribution < 1.29 is 4.74 Å². The van der Waals surface area contributed by atoms with E-state index in [2.05, 4.69) is 29.8 Å². The van der Waals surface area contributed by atoms with Crippen molar-refractivity contribution >= 4 is 22.5 Å². The van der Waals surface area contributed by atoms with Gasteiger partial charge in [0.2, 0.25) is 0 Å². The first-order valence-electron chi connectivity index (χ1n) is 6.16. The maximum absolute atomic E-state index is 5.94. The molecular weight excluding hydrogens is 258 g/mol. The summed E-state index contributed by atoms with van der Waals surface area (Å²) in [5, 5.41) is 1.92. The Kier molecular flexibility index (Phi) is 3.18. The molecule has 0 N–H and O–H groups in total. The highest BCUT2D eigenvalue weighted by atomic mass is 35.5. The predicted molar refractivity (Wildman–Crippen MR) is 78.7 cm³/mol. The molecule has 0 aliphatic rings. The van der Waals surface area contributed by atoms with Crippen molar-refractivity contribution in [3.05, 3.63) is 65.3 Å². The Morgan fingerprint density at radius 2 is 1.89 bits per heavy atom. The van der Waals surface area contributed by atoms with Crippen molar-refractivity contribution in [2.75, 3.05) is 0 Å². The molecule has 0 saturated carbocycles. The van der Waals surface area contributed by atoms with Crippen LogP contribution in [-0.4, -0.2) is 4.57 Å². The van der Waals surface area contributed by atoms with E-state index in [1.165, 1.54) is 10.9 Å². The Labute approximate surface area is 117 Å². The Morgan fingerprint density at radius 1 is 1.05 bits per heavy atom. The maximum Gasteiger partial charge on any atom is 0.128 e. The number of hydrogen-bond donors (Lipinski definition) is 0. The van der Waals surface area contributed by atoms with E-state index in [9.17, 15) is 0 Å². The third-order valence-corrected chi connectivity index (χ3v) is 3.47. The minimum atomic E-state index is 0.533. The first-order valence-corrected chi connectivity index (χ1v) is 6.53. The standard InChI is InChI=1S/C16H14ClNO/c1-18-14(9-12-5-2-3-8-16(12)18)11-19-15-7-4-6-13(17)10-15/h2-10H,11H2,1H3. The number of nitrogens with zero attached hydrogens (tertiary/aromatic N) is 1. The summed E-state index contributed by atoms with van der Waals surface area (Å²) in [6.45, 7) is 0.533. The minimum Gasteiger partial charge on any atom is -0.487 e. The lowest BCUT2D eigenvalue weighted by atomic mass is 10.2. The summed E-state index contributed by atoms with van der Waals surface area (Å²) in [6, 6.07) is 17.9. The number of aromatic nitrogens is 1. The normalized spacial score (nSPS) is 10.8. The Hall–Kier alpha value is -1.93. The van der Waals surface area contributed by atoms with Crippen LogP contribution >= 0.6 is 11.6 Å². The topological polar surface area (TPSA) is 14.2 Å². The van der Waals surface area contributed by atoms with Gasteiger partial charge in [0.15, 0.2) is 0 Å². The van der Waals surface area contributed by atoms with Gasteiger partial charge in [0.1, 0.15) is 12.4 Å². The summed E-state index contributed by atoms with van der Waals surface area (Å²) in [4.78, 5) is 0. The van der Waals surface area contributed by atoms with Crippen LogP contribution < -0.4 is 4.74 Å². The van der Waals surface area contributed by atoms with Gasteiger partial charge in [0.05, 0.1) is 5.69 Å². The van der Waals surface area contributed by atoms with E-state index in [0.29, 0.717) is 11.6 Å². The number of benzene rings is 2. The monoisotopic (exact) mass is 271 g/mol. The number of fused-ring (bicyclic) bond motifs is 1. The number of halogens is 1. The molecule has 3 aromatic rings. The van der Waals surface area contributed by atoms with Crippen LogP contribution in [0.25, 0.3) is 10.9 Å². The molecule has 0 aliphatic carbocycles. The second-order valence-corrected chi connectivity index (χ2v) is 4.94. The zero-order valence-electron chi connectivity index (χ0n) is 10.6. The van der Waals surface area contributed by atoms with Crippen LogP contribution in [0.1, 0.15) is 5.69 Å². The van der Waals surface area contributed by atoms with Gasteiger partial charge >= 0.3 is 0 Å². The molecule has 0 atom stereocenters. The van der Waals surface area contributed by atoms with Gasteiger partial charge in [-0.15, -0.1) is 0 Å². The molecule has 0 unspecified atom stereocenters. The molecule has 1 aromatic heterocycles. The van der Waals surface area contributed by atoms with Gasteiger partial charge < -0.3 is 9.30 Å². The lowest BCUT2D eigenvalue weighted by Crippen LogP contribution is -2.01. The largest absolute Gasteiger partial charge is 0.487 e. The van der Waals surface area contributed by atoms with E-state index in [1.54, 1.807) is 0 Å². The second-order valence-electron chi connectivity index (χ2n) is 4.50. The molecule has 0 aliphatic heterocycles. The van der Waals surface area contributed by atoms with E-state index in [1.807, 2.05) is 36.4 Å². The molecule has 0 radical (unpaired) electrons. The zero-order chi connectivity index (χ0) is 13.2. The predicted octanol–water partition coefficient (Wildman–Crippen LogP) is 4.41. The fourth-order valence-electron chi connectivity index (χ4n) is 2.20. The smallest absolute Gasteiger partial charge is 0.128 e. The molecule has 2 aromatic carbocycles. The molecule has 0 amide bonds. The average Bonchev–Trinajstić information content (AvgIpc) is 2.74. The van der Waals surface area contributed by atoms with Crippen LogP contribution in [0.2, 0.25) is 5.02 Å². The summed E-state index contributed by atoms with van der Waals surface area (Å²) in [5.74, 6) is 0.790. The molecule has 2 nitrogen and oxygen atoms in total. The van der Waals surface area contributed by atoms with Crippen LogP contribution in [0, 0.1) is 0 Å². The molecule has 3 heteroatoms. The zero-order valence-corrected chi connectivity index (χ0v) is 11.4. The highest BCUT2D eigenvalue weighted by Gasteiger charge is 2.05. The molecule has 96 valence electrons. The fourth-order valence-corrected chi connectivity index (χ4v) is 2.38. The Balaban J connectivity index is 1.84. The van der Waals surface area contributed by atoms with Crippen LogP contribution in [0.3, 0.4) is 0 Å². The number of aryl methyl sites for hydroxylation is 1. The van der Waals surface area contributed by atoms with E-state index < -0.39 is 0 Å². The van der Waals surface area contributed by atoms with Crippen LogP contribution in [0.15, 0.2) is 54.6 Å². The molecule has 0 spiro atoms. The summed E-state index contributed by atoms with van der Waals surface area (Å²) in [6.07, 6.45) is 0. The van der Waals surface area contributed by atoms with Gasteiger partial charge in [-0.2, -0.15) is 0 Å². The quantitative estimate of drug-likeness (QED) is 0.688. The van der Waals surface area contributed by atoms with Gasteiger partial charge in [-0.25, -0.2) is 0 Å². The van der Waals surface area contributed by atoms with Crippen LogP contribution in [0.4, 0.5) is 0 Å². The number of rotatable bonds is 3. The molecular formula is C16H14ClNO. The van der Waals surface area contributed by atoms with Crippen molar-refractivity contribution in [1.82, 2.24) is 4.57 Å². The average molecular weight is 272 g/mol. The van der Waals surface area contributed by atoms with Gasteiger partial charge in [-0.05, 0) is 35.7 Å². The maximum atomic E-state index is 5.94. The number of hydrogen-bond acceptors (Lipinski definition) is 1. The molecule has 0 fully saturated rings. The molecule has 19 heavy (non-hydrogen) atoms. The van der Waals surface area contributed by atoms with Crippen molar-refractivity contribution in [3.8, 4) is 5.75 Å². The first kappa shape index (κ1) is 12.1. The summed E-state index contributed by atoms with van der Waals surface area (Å²) < 4.78 is 7.93. The molecule has 3 rings (SSSR count). The summed E-state index contributed by atoms with van der Waals surface area (Å²) >= 11 is 5.94. The minimum absolute atomic E-state index is 0.533. The van der Waals surface area contributed by atoms with Crippen molar-refractivity contribution in [1.29, 1.82) is 0 Å².